The average Bonchev–Trinajstić information content (AvgIpc) is 3.78. The summed E-state index contributed by atoms with van der Waals surface area (Å²) in [5.41, 5.74) is 1.85. The van der Waals surface area contributed by atoms with Crippen molar-refractivity contribution in [2.24, 2.45) is 29.6 Å². The Balaban J connectivity index is 1.80. The Morgan fingerprint density at radius 3 is 2.02 bits per heavy atom. The first-order chi connectivity index (χ1) is 25.4. The molecule has 1 aromatic carbocycles. The van der Waals surface area contributed by atoms with Gasteiger partial charge in [0.2, 0.25) is 23.6 Å². The summed E-state index contributed by atoms with van der Waals surface area (Å²) in [6.45, 7) is 15.4. The molecule has 3 rings (SSSR count). The minimum Gasteiger partial charge on any atom is -0.480 e. The summed E-state index contributed by atoms with van der Waals surface area (Å²) >= 11 is 0. The highest BCUT2D eigenvalue weighted by atomic mass is 16.5. The number of piperidine rings is 1. The van der Waals surface area contributed by atoms with E-state index in [1.165, 1.54) is 7.11 Å². The van der Waals surface area contributed by atoms with Crippen LogP contribution in [0.25, 0.3) is 0 Å². The molecule has 1 saturated carbocycles. The number of amides is 4. The molecule has 0 bridgehead atoms. The first kappa shape index (κ1) is 44.8. The average molecular weight is 758 g/mol. The molecule has 304 valence electrons. The molecule has 13 heteroatoms. The van der Waals surface area contributed by atoms with Crippen LogP contribution in [0.5, 0.6) is 0 Å². The number of carbonyl (C=O) groups is 5. The quantitative estimate of drug-likeness (QED) is 0.147. The first-order valence-electron chi connectivity index (χ1n) is 19.6. The van der Waals surface area contributed by atoms with E-state index in [1.54, 1.807) is 33.0 Å². The molecule has 1 saturated heterocycles. The zero-order valence-electron chi connectivity index (χ0n) is 34.5. The minimum atomic E-state index is -1.13. The van der Waals surface area contributed by atoms with Gasteiger partial charge in [-0.25, -0.2) is 4.79 Å². The fraction of sp³-hybridized carbons (Fsp3) is 0.732. The highest BCUT2D eigenvalue weighted by Gasteiger charge is 2.57. The van der Waals surface area contributed by atoms with E-state index in [9.17, 15) is 29.1 Å². The molecule has 2 fully saturated rings. The standard InChI is InChI=1S/C41H67N5O8/c1-13-25(7)36(45(10)40(50)35(23(4)5)44-39(49)34(42-9)22(2)3)32(53-11)21-33(47)46-30-19-28(30)20-31(46)37(54-12)26(8)38(48)43-29(41(51)52)18-27-16-14-24(6)15-17-27/h14-17,22-23,25-26,28-32,34-37,42H,13,18-21H2,1-12H3,(H,43,48)(H,44,49)(H,51,52)/t25-,26+,28-,29-,30-,31-,32+,34-,35-,36-,37+/m0/s1. The number of carboxylic acid groups (broad SMARTS) is 1. The van der Waals surface area contributed by atoms with Crippen molar-refractivity contribution in [3.05, 3.63) is 35.4 Å². The molecule has 0 unspecified atom stereocenters. The molecule has 54 heavy (non-hydrogen) atoms. The number of hydrogen-bond donors (Lipinski definition) is 4. The summed E-state index contributed by atoms with van der Waals surface area (Å²) in [7, 11) is 6.51. The summed E-state index contributed by atoms with van der Waals surface area (Å²) in [4.78, 5) is 71.1. The van der Waals surface area contributed by atoms with Crippen molar-refractivity contribution >= 4 is 29.6 Å². The van der Waals surface area contributed by atoms with Crippen molar-refractivity contribution in [2.75, 3.05) is 28.3 Å². The van der Waals surface area contributed by atoms with Crippen LogP contribution < -0.4 is 16.0 Å². The molecule has 2 aliphatic rings. The Bertz CT molecular complexity index is 1440. The first-order valence-corrected chi connectivity index (χ1v) is 19.6. The number of benzene rings is 1. The van der Waals surface area contributed by atoms with Gasteiger partial charge in [0.05, 0.1) is 42.7 Å². The molecular weight excluding hydrogens is 690 g/mol. The number of aryl methyl sites for hydroxylation is 1. The lowest BCUT2D eigenvalue weighted by molar-refractivity contribution is -0.149. The van der Waals surface area contributed by atoms with Gasteiger partial charge in [-0.3, -0.25) is 19.2 Å². The summed E-state index contributed by atoms with van der Waals surface area (Å²) in [5, 5.41) is 18.7. The molecule has 1 aliphatic heterocycles. The van der Waals surface area contributed by atoms with Crippen LogP contribution >= 0.6 is 0 Å². The van der Waals surface area contributed by atoms with Gasteiger partial charge in [0.25, 0.3) is 0 Å². The normalized spacial score (nSPS) is 22.3. The van der Waals surface area contributed by atoms with E-state index in [4.69, 9.17) is 9.47 Å². The van der Waals surface area contributed by atoms with Crippen molar-refractivity contribution in [2.45, 2.75) is 136 Å². The van der Waals surface area contributed by atoms with Gasteiger partial charge in [-0.1, -0.05) is 84.7 Å². The Labute approximate surface area is 322 Å². The van der Waals surface area contributed by atoms with Crippen molar-refractivity contribution in [1.82, 2.24) is 25.8 Å². The van der Waals surface area contributed by atoms with Crippen LogP contribution in [-0.2, 0) is 39.9 Å². The van der Waals surface area contributed by atoms with Gasteiger partial charge in [-0.15, -0.1) is 0 Å². The Kier molecular flexibility index (Phi) is 16.5. The largest absolute Gasteiger partial charge is 0.480 e. The predicted molar refractivity (Wildman–Crippen MR) is 207 cm³/mol. The SMILES string of the molecule is CC[C@H](C)[C@@H]([C@@H](CC(=O)N1[C@H]2C[C@H]2C[C@H]1[C@H](OC)[C@@H](C)C(=O)N[C@@H](Cc1ccc(C)cc1)C(=O)O)OC)N(C)C(=O)[C@@H](NC(=O)[C@@H](NC)C(C)C)C(C)C. The van der Waals surface area contributed by atoms with Gasteiger partial charge in [0.1, 0.15) is 12.1 Å². The number of ether oxygens (including phenoxy) is 2. The van der Waals surface area contributed by atoms with Crippen LogP contribution in [0.4, 0.5) is 0 Å². The number of likely N-dealkylation sites (N-methyl/N-ethyl adjacent to an activating group) is 2. The van der Waals surface area contributed by atoms with E-state index in [0.717, 1.165) is 24.0 Å². The lowest BCUT2D eigenvalue weighted by atomic mass is 9.89. The molecule has 13 nitrogen and oxygen atoms in total. The van der Waals surface area contributed by atoms with Gasteiger partial charge >= 0.3 is 5.97 Å². The summed E-state index contributed by atoms with van der Waals surface area (Å²) < 4.78 is 12.0. The number of methoxy groups -OCH3 is 2. The van der Waals surface area contributed by atoms with Crippen LogP contribution in [0, 0.1) is 36.5 Å². The highest BCUT2D eigenvalue weighted by Crippen LogP contribution is 2.50. The van der Waals surface area contributed by atoms with Crippen molar-refractivity contribution in [3.63, 3.8) is 0 Å². The molecular formula is C41H67N5O8. The monoisotopic (exact) mass is 757 g/mol. The molecule has 4 amide bonds. The molecule has 1 aliphatic carbocycles. The number of carboxylic acids is 1. The van der Waals surface area contributed by atoms with Crippen LogP contribution in [-0.4, -0.2) is 121 Å². The summed E-state index contributed by atoms with van der Waals surface area (Å²) in [5.74, 6) is -2.89. The molecule has 4 N–H and O–H groups in total. The second kappa shape index (κ2) is 19.9. The third-order valence-electron chi connectivity index (χ3n) is 11.7. The number of hydrogen-bond acceptors (Lipinski definition) is 8. The molecule has 1 heterocycles. The highest BCUT2D eigenvalue weighted by molar-refractivity contribution is 5.90. The fourth-order valence-electron chi connectivity index (χ4n) is 8.21. The van der Waals surface area contributed by atoms with Gasteiger partial charge in [0, 0.05) is 33.7 Å². The molecule has 1 aromatic rings. The number of aliphatic carboxylic acids is 1. The molecule has 11 atom stereocenters. The van der Waals surface area contributed by atoms with Gasteiger partial charge in [-0.2, -0.15) is 0 Å². The van der Waals surface area contributed by atoms with Gasteiger partial charge in [-0.05, 0) is 56.0 Å². The van der Waals surface area contributed by atoms with E-state index in [0.29, 0.717) is 12.3 Å². The predicted octanol–water partition coefficient (Wildman–Crippen LogP) is 3.41. The zero-order valence-corrected chi connectivity index (χ0v) is 34.5. The van der Waals surface area contributed by atoms with E-state index in [-0.39, 0.29) is 54.4 Å². The van der Waals surface area contributed by atoms with E-state index < -0.39 is 60.2 Å². The Morgan fingerprint density at radius 2 is 1.52 bits per heavy atom. The van der Waals surface area contributed by atoms with E-state index >= 15 is 0 Å². The number of likely N-dealkylation sites (tertiary alicyclic amines) is 1. The lowest BCUT2D eigenvalue weighted by Crippen LogP contribution is -2.59. The zero-order chi connectivity index (χ0) is 40.6. The van der Waals surface area contributed by atoms with Crippen LogP contribution in [0.15, 0.2) is 24.3 Å². The third-order valence-corrected chi connectivity index (χ3v) is 11.7. The molecule has 0 radical (unpaired) electrons. The third kappa shape index (κ3) is 10.8. The second-order valence-electron chi connectivity index (χ2n) is 16.3. The van der Waals surface area contributed by atoms with Crippen LogP contribution in [0.1, 0.15) is 85.3 Å². The Hall–Kier alpha value is -3.55. The second-order valence-corrected chi connectivity index (χ2v) is 16.3. The van der Waals surface area contributed by atoms with Gasteiger partial charge in [0.15, 0.2) is 0 Å². The maximum absolute atomic E-state index is 14.4. The summed E-state index contributed by atoms with van der Waals surface area (Å²) in [6.07, 6.45) is 1.07. The van der Waals surface area contributed by atoms with E-state index in [2.05, 4.69) is 16.0 Å². The van der Waals surface area contributed by atoms with Crippen molar-refractivity contribution < 1.29 is 38.6 Å². The minimum absolute atomic E-state index is 0.00534. The maximum atomic E-state index is 14.4. The number of nitrogens with zero attached hydrogens (tertiary/aromatic N) is 2. The molecule has 0 spiro atoms. The van der Waals surface area contributed by atoms with Gasteiger partial charge < -0.3 is 40.3 Å². The molecule has 0 aromatic heterocycles. The number of rotatable bonds is 21. The number of carbonyl (C=O) groups excluding carboxylic acids is 4. The van der Waals surface area contributed by atoms with Crippen molar-refractivity contribution in [3.8, 4) is 0 Å². The maximum Gasteiger partial charge on any atom is 0.326 e. The Morgan fingerprint density at radius 1 is 0.907 bits per heavy atom. The van der Waals surface area contributed by atoms with Crippen LogP contribution in [0.3, 0.4) is 0 Å². The lowest BCUT2D eigenvalue weighted by Gasteiger charge is -2.41. The summed E-state index contributed by atoms with van der Waals surface area (Å²) in [6, 6.07) is 4.31. The topological polar surface area (TPSA) is 167 Å². The van der Waals surface area contributed by atoms with Crippen LogP contribution in [0.2, 0.25) is 0 Å². The van der Waals surface area contributed by atoms with Crippen molar-refractivity contribution in [1.29, 1.82) is 0 Å². The van der Waals surface area contributed by atoms with E-state index in [1.807, 2.05) is 77.6 Å². The fourth-order valence-corrected chi connectivity index (χ4v) is 8.21. The number of fused-ring (bicyclic) bond motifs is 1. The smallest absolute Gasteiger partial charge is 0.326 e. The number of nitrogens with one attached hydrogen (secondary N) is 3.